The minimum atomic E-state index is -0.237. The van der Waals surface area contributed by atoms with Crippen LogP contribution in [0.15, 0.2) is 54.9 Å². The Morgan fingerprint density at radius 1 is 1.20 bits per heavy atom. The molecule has 0 saturated heterocycles. The average Bonchev–Trinajstić information content (AvgIpc) is 3.05. The lowest BCUT2D eigenvalue weighted by atomic mass is 9.99. The van der Waals surface area contributed by atoms with Gasteiger partial charge in [-0.25, -0.2) is 9.37 Å². The van der Waals surface area contributed by atoms with Crippen LogP contribution in [0.5, 0.6) is 0 Å². The summed E-state index contributed by atoms with van der Waals surface area (Å²) in [6.45, 7) is 3.18. The van der Waals surface area contributed by atoms with Crippen LogP contribution < -0.4 is 0 Å². The molecule has 0 spiro atoms. The van der Waals surface area contributed by atoms with Gasteiger partial charge in [0.15, 0.2) is 0 Å². The van der Waals surface area contributed by atoms with Crippen molar-refractivity contribution in [3.63, 3.8) is 0 Å². The number of benzene rings is 1. The highest BCUT2D eigenvalue weighted by Crippen LogP contribution is 2.23. The molecule has 4 nitrogen and oxygen atoms in total. The molecule has 0 atom stereocenters. The van der Waals surface area contributed by atoms with Crippen LogP contribution in [0.3, 0.4) is 0 Å². The molecule has 1 aliphatic heterocycles. The van der Waals surface area contributed by atoms with E-state index >= 15 is 0 Å². The quantitative estimate of drug-likeness (QED) is 0.716. The van der Waals surface area contributed by atoms with E-state index in [2.05, 4.69) is 4.98 Å². The Morgan fingerprint density at radius 3 is 2.72 bits per heavy atom. The van der Waals surface area contributed by atoms with Crippen molar-refractivity contribution in [2.75, 3.05) is 13.1 Å². The summed E-state index contributed by atoms with van der Waals surface area (Å²) in [5.74, 6) is -0.296. The first-order chi connectivity index (χ1) is 12.1. The summed E-state index contributed by atoms with van der Waals surface area (Å²) in [6.07, 6.45) is 6.48. The van der Waals surface area contributed by atoms with Gasteiger partial charge in [-0.05, 0) is 54.3 Å². The molecule has 1 aromatic carbocycles. The Kier molecular flexibility index (Phi) is 3.84. The predicted octanol–water partition coefficient (Wildman–Crippen LogP) is 3.71. The van der Waals surface area contributed by atoms with Crippen LogP contribution in [0, 0.1) is 12.7 Å². The van der Waals surface area contributed by atoms with Crippen molar-refractivity contribution in [2.24, 2.45) is 0 Å². The highest BCUT2D eigenvalue weighted by molar-refractivity contribution is 5.93. The molecule has 0 unspecified atom stereocenters. The number of aromatic nitrogens is 2. The van der Waals surface area contributed by atoms with Gasteiger partial charge in [0.05, 0.1) is 0 Å². The number of fused-ring (bicyclic) bond motifs is 1. The molecule has 1 aliphatic rings. The Hall–Kier alpha value is -2.95. The minimum Gasteiger partial charge on any atom is -0.333 e. The first-order valence-corrected chi connectivity index (χ1v) is 8.30. The summed E-state index contributed by atoms with van der Waals surface area (Å²) in [6, 6.07) is 10.4. The minimum absolute atomic E-state index is 0.0595. The molecule has 3 heterocycles. The van der Waals surface area contributed by atoms with Crippen LogP contribution in [-0.2, 0) is 0 Å². The van der Waals surface area contributed by atoms with Crippen LogP contribution >= 0.6 is 0 Å². The second kappa shape index (κ2) is 6.16. The van der Waals surface area contributed by atoms with E-state index in [1.807, 2.05) is 35.7 Å². The molecule has 0 aliphatic carbocycles. The van der Waals surface area contributed by atoms with Gasteiger partial charge in [0.1, 0.15) is 17.2 Å². The molecule has 0 fully saturated rings. The van der Waals surface area contributed by atoms with Crippen LogP contribution in [0.2, 0.25) is 0 Å². The molecule has 126 valence electrons. The fourth-order valence-corrected chi connectivity index (χ4v) is 3.13. The van der Waals surface area contributed by atoms with Crippen molar-refractivity contribution < 1.29 is 9.18 Å². The lowest BCUT2D eigenvalue weighted by molar-refractivity contribution is 0.0767. The number of halogens is 1. The van der Waals surface area contributed by atoms with E-state index < -0.39 is 0 Å². The number of carbonyl (C=O) groups is 1. The maximum Gasteiger partial charge on any atom is 0.274 e. The number of carbonyl (C=O) groups excluding carboxylic acids is 1. The monoisotopic (exact) mass is 335 g/mol. The number of aryl methyl sites for hydroxylation is 1. The third-order valence-corrected chi connectivity index (χ3v) is 4.55. The van der Waals surface area contributed by atoms with E-state index in [0.717, 1.165) is 28.8 Å². The lowest BCUT2D eigenvalue weighted by Crippen LogP contribution is -2.34. The number of nitrogens with zero attached hydrogens (tertiary/aromatic N) is 3. The first kappa shape index (κ1) is 15.6. The topological polar surface area (TPSA) is 37.6 Å². The number of pyridine rings is 1. The Bertz CT molecular complexity index is 972. The number of imidazole rings is 1. The predicted molar refractivity (Wildman–Crippen MR) is 94.8 cm³/mol. The zero-order valence-electron chi connectivity index (χ0n) is 13.9. The van der Waals surface area contributed by atoms with Gasteiger partial charge in [-0.2, -0.15) is 0 Å². The molecule has 3 aromatic rings. The number of rotatable bonds is 2. The van der Waals surface area contributed by atoms with Crippen molar-refractivity contribution in [3.05, 3.63) is 77.5 Å². The van der Waals surface area contributed by atoms with Gasteiger partial charge in [0, 0.05) is 25.5 Å². The molecule has 2 aromatic heterocycles. The van der Waals surface area contributed by atoms with Crippen molar-refractivity contribution >= 4 is 17.1 Å². The third kappa shape index (κ3) is 3.05. The number of hydrogen-bond acceptors (Lipinski definition) is 2. The van der Waals surface area contributed by atoms with Crippen LogP contribution in [0.1, 0.15) is 28.0 Å². The summed E-state index contributed by atoms with van der Waals surface area (Å²) in [5, 5.41) is 0. The molecule has 5 heteroatoms. The van der Waals surface area contributed by atoms with E-state index in [9.17, 15) is 9.18 Å². The maximum atomic E-state index is 13.0. The Balaban J connectivity index is 1.52. The zero-order valence-corrected chi connectivity index (χ0v) is 13.9. The van der Waals surface area contributed by atoms with E-state index in [1.165, 1.54) is 12.1 Å². The smallest absolute Gasteiger partial charge is 0.274 e. The van der Waals surface area contributed by atoms with Gasteiger partial charge in [-0.15, -0.1) is 0 Å². The highest BCUT2D eigenvalue weighted by Gasteiger charge is 2.21. The second-order valence-corrected chi connectivity index (χ2v) is 6.33. The maximum absolute atomic E-state index is 13.0. The van der Waals surface area contributed by atoms with Crippen molar-refractivity contribution in [1.82, 2.24) is 14.3 Å². The van der Waals surface area contributed by atoms with Crippen LogP contribution in [0.4, 0.5) is 4.39 Å². The fourth-order valence-electron chi connectivity index (χ4n) is 3.13. The lowest BCUT2D eigenvalue weighted by Gasteiger charge is -2.26. The molecule has 0 radical (unpaired) electrons. The zero-order chi connectivity index (χ0) is 17.4. The van der Waals surface area contributed by atoms with Crippen LogP contribution in [-0.4, -0.2) is 33.3 Å². The third-order valence-electron chi connectivity index (χ3n) is 4.55. The van der Waals surface area contributed by atoms with Crippen molar-refractivity contribution in [3.8, 4) is 0 Å². The molecular weight excluding hydrogens is 317 g/mol. The summed E-state index contributed by atoms with van der Waals surface area (Å²) in [5.41, 5.74) is 4.51. The van der Waals surface area contributed by atoms with Gasteiger partial charge in [-0.3, -0.25) is 4.79 Å². The summed E-state index contributed by atoms with van der Waals surface area (Å²) in [7, 11) is 0. The van der Waals surface area contributed by atoms with Gasteiger partial charge in [-0.1, -0.05) is 18.2 Å². The molecular formula is C20H18FN3O. The Morgan fingerprint density at radius 2 is 2.00 bits per heavy atom. The second-order valence-electron chi connectivity index (χ2n) is 6.33. The molecule has 0 bridgehead atoms. The molecule has 4 rings (SSSR count). The summed E-state index contributed by atoms with van der Waals surface area (Å²) < 4.78 is 14.9. The van der Waals surface area contributed by atoms with E-state index in [0.29, 0.717) is 18.8 Å². The van der Waals surface area contributed by atoms with Crippen molar-refractivity contribution in [2.45, 2.75) is 13.3 Å². The first-order valence-electron chi connectivity index (χ1n) is 8.30. The highest BCUT2D eigenvalue weighted by atomic mass is 19.1. The van der Waals surface area contributed by atoms with Gasteiger partial charge in [0.2, 0.25) is 0 Å². The summed E-state index contributed by atoms with van der Waals surface area (Å²) in [4.78, 5) is 19.0. The average molecular weight is 335 g/mol. The van der Waals surface area contributed by atoms with Gasteiger partial charge >= 0.3 is 0 Å². The van der Waals surface area contributed by atoms with E-state index in [4.69, 9.17) is 0 Å². The molecule has 0 saturated carbocycles. The van der Waals surface area contributed by atoms with Gasteiger partial charge < -0.3 is 9.30 Å². The van der Waals surface area contributed by atoms with E-state index in [1.54, 1.807) is 23.2 Å². The molecule has 0 N–H and O–H groups in total. The fraction of sp³-hybridized carbons (Fsp3) is 0.200. The summed E-state index contributed by atoms with van der Waals surface area (Å²) >= 11 is 0. The van der Waals surface area contributed by atoms with Crippen molar-refractivity contribution in [1.29, 1.82) is 0 Å². The standard InChI is InChI=1S/C20H18FN3O/c1-14-6-9-24-13-18(22-19(24)12-14)20(25)23-10-7-16(8-11-23)15-2-4-17(21)5-3-15/h2-7,9,12-13H,8,10-11H2,1H3. The Labute approximate surface area is 145 Å². The van der Waals surface area contributed by atoms with Crippen LogP contribution in [0.25, 0.3) is 11.2 Å². The van der Waals surface area contributed by atoms with Gasteiger partial charge in [0.25, 0.3) is 5.91 Å². The SMILES string of the molecule is Cc1ccn2cc(C(=O)N3CC=C(c4ccc(F)cc4)CC3)nc2c1. The normalized spacial score (nSPS) is 14.6. The number of amides is 1. The molecule has 25 heavy (non-hydrogen) atoms. The number of hydrogen-bond donors (Lipinski definition) is 0. The van der Waals surface area contributed by atoms with E-state index in [-0.39, 0.29) is 11.7 Å². The molecule has 1 amide bonds. The largest absolute Gasteiger partial charge is 0.333 e.